The standard InChI is InChI=1S/C24H18F9O6P/c25-22(26,27)13-34-16-1-7-19(8-2-16)37-40(38-20-9-3-17(4-10-20)35-14-23(28,29)30)39-21-11-5-18(6-12-21)36-15-24(31,32)33/h1-12H,13-15H2. The molecule has 3 aromatic rings. The highest BCUT2D eigenvalue weighted by Crippen LogP contribution is 2.43. The largest absolute Gasteiger partial charge is 0.530 e. The van der Waals surface area contributed by atoms with Gasteiger partial charge in [0, 0.05) is 0 Å². The van der Waals surface area contributed by atoms with Crippen molar-refractivity contribution in [3.63, 3.8) is 0 Å². The van der Waals surface area contributed by atoms with Gasteiger partial charge in [-0.15, -0.1) is 0 Å². The van der Waals surface area contributed by atoms with Crippen LogP contribution in [0.15, 0.2) is 72.8 Å². The Morgan fingerprint density at radius 1 is 0.375 bits per heavy atom. The number of benzene rings is 3. The fraction of sp³-hybridized carbons (Fsp3) is 0.250. The first kappa shape index (κ1) is 30.8. The first-order valence-corrected chi connectivity index (χ1v) is 12.0. The van der Waals surface area contributed by atoms with Crippen molar-refractivity contribution in [2.24, 2.45) is 0 Å². The lowest BCUT2D eigenvalue weighted by atomic mass is 10.3. The van der Waals surface area contributed by atoms with E-state index in [1.165, 1.54) is 72.8 Å². The van der Waals surface area contributed by atoms with Gasteiger partial charge < -0.3 is 27.8 Å². The van der Waals surface area contributed by atoms with E-state index < -0.39 is 47.0 Å². The first-order valence-electron chi connectivity index (χ1n) is 10.9. The Bertz CT molecular complexity index is 1030. The number of rotatable bonds is 12. The molecule has 0 amide bonds. The zero-order valence-corrected chi connectivity index (χ0v) is 20.7. The number of ether oxygens (including phenoxy) is 3. The van der Waals surface area contributed by atoms with Gasteiger partial charge in [0.15, 0.2) is 19.8 Å². The minimum absolute atomic E-state index is 0.0840. The van der Waals surface area contributed by atoms with E-state index >= 15 is 0 Å². The van der Waals surface area contributed by atoms with E-state index in [0.717, 1.165) is 0 Å². The van der Waals surface area contributed by atoms with E-state index in [1.54, 1.807) is 0 Å². The summed E-state index contributed by atoms with van der Waals surface area (Å²) in [6.45, 7) is -4.51. The third kappa shape index (κ3) is 12.0. The predicted molar refractivity (Wildman–Crippen MR) is 123 cm³/mol. The molecule has 6 nitrogen and oxygen atoms in total. The molecular formula is C24H18F9O6P. The van der Waals surface area contributed by atoms with Crippen molar-refractivity contribution in [2.75, 3.05) is 19.8 Å². The van der Waals surface area contributed by atoms with E-state index in [1.807, 2.05) is 0 Å². The van der Waals surface area contributed by atoms with Crippen LogP contribution >= 0.6 is 8.60 Å². The van der Waals surface area contributed by atoms with E-state index in [0.29, 0.717) is 0 Å². The third-order valence-corrected chi connectivity index (χ3v) is 5.30. The number of alkyl halides is 9. The quantitative estimate of drug-likeness (QED) is 0.153. The topological polar surface area (TPSA) is 55.4 Å². The molecule has 0 aliphatic carbocycles. The van der Waals surface area contributed by atoms with Gasteiger partial charge in [0.25, 0.3) is 0 Å². The molecule has 40 heavy (non-hydrogen) atoms. The average molecular weight is 604 g/mol. The second-order valence-corrected chi connectivity index (χ2v) is 8.62. The molecule has 0 N–H and O–H groups in total. The number of halogens is 9. The van der Waals surface area contributed by atoms with Gasteiger partial charge in [-0.25, -0.2) is 0 Å². The molecular weight excluding hydrogens is 586 g/mol. The molecule has 0 fully saturated rings. The van der Waals surface area contributed by atoms with E-state index in [2.05, 4.69) is 14.2 Å². The van der Waals surface area contributed by atoms with Crippen LogP contribution in [0.25, 0.3) is 0 Å². The molecule has 0 unspecified atom stereocenters. The zero-order chi connectivity index (χ0) is 29.4. The Labute approximate surface area is 222 Å². The summed E-state index contributed by atoms with van der Waals surface area (Å²) < 4.78 is 142. The fourth-order valence-electron chi connectivity index (χ4n) is 2.60. The van der Waals surface area contributed by atoms with Crippen LogP contribution in [0.3, 0.4) is 0 Å². The van der Waals surface area contributed by atoms with Crippen molar-refractivity contribution in [1.82, 2.24) is 0 Å². The molecule has 16 heteroatoms. The lowest BCUT2D eigenvalue weighted by Gasteiger charge is -2.19. The monoisotopic (exact) mass is 604 g/mol. The van der Waals surface area contributed by atoms with Crippen molar-refractivity contribution in [1.29, 1.82) is 0 Å². The highest BCUT2D eigenvalue weighted by molar-refractivity contribution is 7.43. The van der Waals surface area contributed by atoms with E-state index in [9.17, 15) is 39.5 Å². The average Bonchev–Trinajstić information content (AvgIpc) is 2.86. The van der Waals surface area contributed by atoms with Gasteiger partial charge in [-0.3, -0.25) is 0 Å². The maximum atomic E-state index is 12.4. The SMILES string of the molecule is FC(F)(F)COc1ccc(OP(Oc2ccc(OCC(F)(F)F)cc2)Oc2ccc(OCC(F)(F)F)cc2)cc1. The van der Waals surface area contributed by atoms with Gasteiger partial charge in [-0.1, -0.05) is 0 Å². The van der Waals surface area contributed by atoms with E-state index in [-0.39, 0.29) is 34.5 Å². The van der Waals surface area contributed by atoms with Gasteiger partial charge >= 0.3 is 27.1 Å². The molecule has 3 aromatic carbocycles. The van der Waals surface area contributed by atoms with Crippen LogP contribution in [0.2, 0.25) is 0 Å². The molecule has 0 radical (unpaired) electrons. The lowest BCUT2D eigenvalue weighted by Crippen LogP contribution is -2.19. The summed E-state index contributed by atoms with van der Waals surface area (Å²) in [7, 11) is -2.36. The Kier molecular flexibility index (Phi) is 10.1. The fourth-order valence-corrected chi connectivity index (χ4v) is 3.59. The number of hydrogen-bond donors (Lipinski definition) is 0. The highest BCUT2D eigenvalue weighted by atomic mass is 31.2. The Hall–Kier alpha value is -3.74. The van der Waals surface area contributed by atoms with Gasteiger partial charge in [0.1, 0.15) is 34.5 Å². The molecule has 0 saturated heterocycles. The Morgan fingerprint density at radius 2 is 0.575 bits per heavy atom. The lowest BCUT2D eigenvalue weighted by molar-refractivity contribution is -0.154. The Balaban J connectivity index is 1.70. The minimum Gasteiger partial charge on any atom is -0.484 e. The first-order chi connectivity index (χ1) is 18.6. The molecule has 0 aliphatic heterocycles. The predicted octanol–water partition coefficient (Wildman–Crippen LogP) is 8.27. The molecule has 0 heterocycles. The molecule has 0 aliphatic rings. The molecule has 0 bridgehead atoms. The van der Waals surface area contributed by atoms with Crippen molar-refractivity contribution < 1.29 is 67.3 Å². The normalized spacial score (nSPS) is 12.2. The summed E-state index contributed by atoms with van der Waals surface area (Å²) in [4.78, 5) is 0. The molecule has 3 rings (SSSR count). The molecule has 0 saturated carbocycles. The van der Waals surface area contributed by atoms with Crippen molar-refractivity contribution in [2.45, 2.75) is 18.5 Å². The van der Waals surface area contributed by atoms with E-state index in [4.69, 9.17) is 13.6 Å². The third-order valence-electron chi connectivity index (χ3n) is 4.22. The van der Waals surface area contributed by atoms with Gasteiger partial charge in [0.2, 0.25) is 0 Å². The van der Waals surface area contributed by atoms with Crippen LogP contribution in [0, 0.1) is 0 Å². The molecule has 0 atom stereocenters. The van der Waals surface area contributed by atoms with Crippen molar-refractivity contribution >= 4 is 8.60 Å². The van der Waals surface area contributed by atoms with Crippen LogP contribution in [-0.4, -0.2) is 38.3 Å². The summed E-state index contributed by atoms with van der Waals surface area (Å²) in [5.74, 6) is -0.0404. The zero-order valence-electron chi connectivity index (χ0n) is 19.8. The maximum Gasteiger partial charge on any atom is 0.530 e. The summed E-state index contributed by atoms with van der Waals surface area (Å²) in [6.07, 6.45) is -13.6. The Morgan fingerprint density at radius 3 is 0.775 bits per heavy atom. The summed E-state index contributed by atoms with van der Waals surface area (Å²) >= 11 is 0. The summed E-state index contributed by atoms with van der Waals surface area (Å²) in [5.41, 5.74) is 0. The van der Waals surface area contributed by atoms with Crippen LogP contribution in [-0.2, 0) is 0 Å². The minimum atomic E-state index is -4.54. The second-order valence-electron chi connectivity index (χ2n) is 7.62. The smallest absolute Gasteiger partial charge is 0.484 e. The molecule has 0 aromatic heterocycles. The van der Waals surface area contributed by atoms with Gasteiger partial charge in [0.05, 0.1) is 0 Å². The summed E-state index contributed by atoms with van der Waals surface area (Å²) in [5, 5.41) is 0. The molecule has 0 spiro atoms. The van der Waals surface area contributed by atoms with Crippen molar-refractivity contribution in [3.8, 4) is 34.5 Å². The second kappa shape index (κ2) is 13.1. The highest BCUT2D eigenvalue weighted by Gasteiger charge is 2.30. The summed E-state index contributed by atoms with van der Waals surface area (Å²) in [6, 6.07) is 14.9. The number of hydrogen-bond acceptors (Lipinski definition) is 6. The van der Waals surface area contributed by atoms with Crippen LogP contribution < -0.4 is 27.8 Å². The van der Waals surface area contributed by atoms with Crippen LogP contribution in [0.5, 0.6) is 34.5 Å². The van der Waals surface area contributed by atoms with Crippen LogP contribution in [0.1, 0.15) is 0 Å². The van der Waals surface area contributed by atoms with Gasteiger partial charge in [-0.2, -0.15) is 39.5 Å². The van der Waals surface area contributed by atoms with Gasteiger partial charge in [-0.05, 0) is 72.8 Å². The maximum absolute atomic E-state index is 12.4. The van der Waals surface area contributed by atoms with Crippen LogP contribution in [0.4, 0.5) is 39.5 Å². The van der Waals surface area contributed by atoms with Crippen molar-refractivity contribution in [3.05, 3.63) is 72.8 Å². The molecule has 218 valence electrons.